The lowest BCUT2D eigenvalue weighted by Gasteiger charge is -2.42. The predicted molar refractivity (Wildman–Crippen MR) is 85.1 cm³/mol. The fourth-order valence-corrected chi connectivity index (χ4v) is 4.99. The molecule has 1 spiro atoms. The topological polar surface area (TPSA) is 27.7 Å². The summed E-state index contributed by atoms with van der Waals surface area (Å²) < 4.78 is 18.1. The summed E-state index contributed by atoms with van der Waals surface area (Å²) in [6, 6.07) is 8.60. The molecule has 0 amide bonds. The van der Waals surface area contributed by atoms with Gasteiger partial charge in [0.05, 0.1) is 19.3 Å². The Morgan fingerprint density at radius 3 is 2.27 bits per heavy atom. The van der Waals surface area contributed by atoms with Gasteiger partial charge in [-0.25, -0.2) is 0 Å². The molecule has 3 fully saturated rings. The third-order valence-electron chi connectivity index (χ3n) is 6.59. The van der Waals surface area contributed by atoms with Crippen LogP contribution < -0.4 is 4.74 Å². The van der Waals surface area contributed by atoms with Crippen LogP contribution >= 0.6 is 0 Å². The molecule has 120 valence electrons. The molecule has 4 rings (SSSR count). The third-order valence-corrected chi connectivity index (χ3v) is 6.59. The van der Waals surface area contributed by atoms with Gasteiger partial charge in [0.15, 0.2) is 5.79 Å². The highest BCUT2D eigenvalue weighted by atomic mass is 16.8. The highest BCUT2D eigenvalue weighted by Gasteiger charge is 2.78. The van der Waals surface area contributed by atoms with E-state index < -0.39 is 0 Å². The Morgan fingerprint density at radius 1 is 1.05 bits per heavy atom. The van der Waals surface area contributed by atoms with Gasteiger partial charge in [0, 0.05) is 17.3 Å². The molecule has 1 saturated heterocycles. The van der Waals surface area contributed by atoms with Gasteiger partial charge in [0.25, 0.3) is 0 Å². The number of ether oxygens (including phenoxy) is 3. The monoisotopic (exact) mass is 302 g/mol. The van der Waals surface area contributed by atoms with Crippen LogP contribution in [0.25, 0.3) is 0 Å². The molecule has 0 aromatic heterocycles. The van der Waals surface area contributed by atoms with Crippen LogP contribution in [-0.4, -0.2) is 25.1 Å². The maximum atomic E-state index is 6.40. The van der Waals surface area contributed by atoms with Crippen molar-refractivity contribution < 1.29 is 14.2 Å². The van der Waals surface area contributed by atoms with Gasteiger partial charge in [0.2, 0.25) is 0 Å². The minimum Gasteiger partial charge on any atom is -0.497 e. The summed E-state index contributed by atoms with van der Waals surface area (Å²) in [7, 11) is 1.72. The maximum absolute atomic E-state index is 6.40. The van der Waals surface area contributed by atoms with Crippen molar-refractivity contribution in [2.75, 3.05) is 7.11 Å². The SMILES string of the molecule is COc1ccc(C23CCCC4(O[C@@H](C)[C@H](C)O4)C2(C)C3)cc1. The second kappa shape index (κ2) is 4.48. The lowest BCUT2D eigenvalue weighted by Crippen LogP contribution is -2.47. The van der Waals surface area contributed by atoms with Gasteiger partial charge in [-0.15, -0.1) is 0 Å². The lowest BCUT2D eigenvalue weighted by molar-refractivity contribution is -0.235. The maximum Gasteiger partial charge on any atom is 0.175 e. The molecule has 2 saturated carbocycles. The first-order valence-electron chi connectivity index (χ1n) is 8.47. The van der Waals surface area contributed by atoms with Crippen LogP contribution in [0.1, 0.15) is 52.0 Å². The first-order valence-corrected chi connectivity index (χ1v) is 8.47. The van der Waals surface area contributed by atoms with Crippen LogP contribution in [-0.2, 0) is 14.9 Å². The zero-order valence-corrected chi connectivity index (χ0v) is 14.0. The van der Waals surface area contributed by atoms with E-state index in [1.807, 2.05) is 0 Å². The van der Waals surface area contributed by atoms with Gasteiger partial charge in [-0.3, -0.25) is 0 Å². The molecule has 3 aliphatic rings. The van der Waals surface area contributed by atoms with E-state index in [9.17, 15) is 0 Å². The van der Waals surface area contributed by atoms with Crippen molar-refractivity contribution in [3.8, 4) is 5.75 Å². The molecular weight excluding hydrogens is 276 g/mol. The average molecular weight is 302 g/mol. The molecule has 3 heteroatoms. The van der Waals surface area contributed by atoms with Crippen LogP contribution in [0.15, 0.2) is 24.3 Å². The van der Waals surface area contributed by atoms with Crippen molar-refractivity contribution in [3.63, 3.8) is 0 Å². The molecule has 2 unspecified atom stereocenters. The summed E-state index contributed by atoms with van der Waals surface area (Å²) in [5.74, 6) is 0.535. The standard InChI is InChI=1S/C19H26O3/c1-13-14(2)22-19(21-13)11-5-10-18(12-17(18,19)3)15-6-8-16(20-4)9-7-15/h6-9,13-14H,5,10-12H2,1-4H3/t13-,14-,17?,18?/m0/s1. The highest BCUT2D eigenvalue weighted by molar-refractivity contribution is 5.43. The lowest BCUT2D eigenvalue weighted by atomic mass is 9.72. The molecule has 3 nitrogen and oxygen atoms in total. The van der Waals surface area contributed by atoms with Crippen LogP contribution in [0.5, 0.6) is 5.75 Å². The Hall–Kier alpha value is -1.06. The zero-order chi connectivity index (χ0) is 15.6. The van der Waals surface area contributed by atoms with E-state index in [0.29, 0.717) is 0 Å². The van der Waals surface area contributed by atoms with Crippen molar-refractivity contribution in [2.45, 2.75) is 69.9 Å². The fraction of sp³-hybridized carbons (Fsp3) is 0.684. The Balaban J connectivity index is 1.69. The van der Waals surface area contributed by atoms with E-state index in [0.717, 1.165) is 18.6 Å². The summed E-state index contributed by atoms with van der Waals surface area (Å²) in [5, 5.41) is 0. The van der Waals surface area contributed by atoms with Crippen molar-refractivity contribution >= 4 is 0 Å². The number of rotatable bonds is 2. The van der Waals surface area contributed by atoms with E-state index in [2.05, 4.69) is 45.0 Å². The number of benzene rings is 1. The Morgan fingerprint density at radius 2 is 1.68 bits per heavy atom. The van der Waals surface area contributed by atoms with Gasteiger partial charge < -0.3 is 14.2 Å². The number of hydrogen-bond acceptors (Lipinski definition) is 3. The summed E-state index contributed by atoms with van der Waals surface area (Å²) in [6.07, 6.45) is 4.95. The van der Waals surface area contributed by atoms with Gasteiger partial charge in [-0.2, -0.15) is 0 Å². The van der Waals surface area contributed by atoms with Crippen LogP contribution in [0.2, 0.25) is 0 Å². The van der Waals surface area contributed by atoms with Crippen LogP contribution in [0.4, 0.5) is 0 Å². The predicted octanol–water partition coefficient (Wildman–Crippen LogP) is 4.05. The van der Waals surface area contributed by atoms with E-state index in [-0.39, 0.29) is 28.8 Å². The molecule has 1 aliphatic heterocycles. The van der Waals surface area contributed by atoms with Gasteiger partial charge >= 0.3 is 0 Å². The number of hydrogen-bond donors (Lipinski definition) is 0. The quantitative estimate of drug-likeness (QED) is 0.825. The molecule has 0 bridgehead atoms. The van der Waals surface area contributed by atoms with Crippen molar-refractivity contribution in [1.82, 2.24) is 0 Å². The second-order valence-electron chi connectivity index (χ2n) is 7.57. The van der Waals surface area contributed by atoms with E-state index in [4.69, 9.17) is 14.2 Å². The second-order valence-corrected chi connectivity index (χ2v) is 7.57. The van der Waals surface area contributed by atoms with Crippen molar-refractivity contribution in [1.29, 1.82) is 0 Å². The number of methoxy groups -OCH3 is 1. The van der Waals surface area contributed by atoms with Crippen LogP contribution in [0, 0.1) is 5.41 Å². The highest BCUT2D eigenvalue weighted by Crippen LogP contribution is 2.76. The summed E-state index contributed by atoms with van der Waals surface area (Å²) in [6.45, 7) is 6.63. The number of fused-ring (bicyclic) bond motifs is 2. The molecule has 0 radical (unpaired) electrons. The normalized spacial score (nSPS) is 42.2. The Labute approximate surface area is 132 Å². The largest absolute Gasteiger partial charge is 0.497 e. The van der Waals surface area contributed by atoms with Gasteiger partial charge in [-0.1, -0.05) is 19.1 Å². The van der Waals surface area contributed by atoms with Crippen LogP contribution in [0.3, 0.4) is 0 Å². The fourth-order valence-electron chi connectivity index (χ4n) is 4.99. The Kier molecular flexibility index (Phi) is 2.96. The summed E-state index contributed by atoms with van der Waals surface area (Å²) in [4.78, 5) is 0. The first-order chi connectivity index (χ1) is 10.5. The molecule has 4 atom stereocenters. The van der Waals surface area contributed by atoms with Gasteiger partial charge in [-0.05, 0) is 50.8 Å². The zero-order valence-electron chi connectivity index (χ0n) is 14.0. The third kappa shape index (κ3) is 1.64. The van der Waals surface area contributed by atoms with E-state index in [1.165, 1.54) is 18.4 Å². The average Bonchev–Trinajstić information content (AvgIpc) is 3.06. The van der Waals surface area contributed by atoms with E-state index >= 15 is 0 Å². The summed E-state index contributed by atoms with van der Waals surface area (Å²) in [5.41, 5.74) is 1.71. The minimum absolute atomic E-state index is 0.0891. The van der Waals surface area contributed by atoms with Crippen molar-refractivity contribution in [3.05, 3.63) is 29.8 Å². The molecular formula is C19H26O3. The molecule has 2 aliphatic carbocycles. The molecule has 1 aromatic carbocycles. The van der Waals surface area contributed by atoms with Crippen molar-refractivity contribution in [2.24, 2.45) is 5.41 Å². The van der Waals surface area contributed by atoms with E-state index in [1.54, 1.807) is 7.11 Å². The Bertz CT molecular complexity index is 571. The molecule has 0 N–H and O–H groups in total. The smallest absolute Gasteiger partial charge is 0.175 e. The van der Waals surface area contributed by atoms with Gasteiger partial charge in [0.1, 0.15) is 5.75 Å². The first kappa shape index (κ1) is 14.5. The minimum atomic E-state index is -0.385. The molecule has 1 aromatic rings. The molecule has 22 heavy (non-hydrogen) atoms. The molecule has 1 heterocycles. The summed E-state index contributed by atoms with van der Waals surface area (Å²) >= 11 is 0.